The Kier molecular flexibility index (Phi) is 6.81. The molecule has 3 amide bonds. The number of hydrogen-bond donors (Lipinski definition) is 5. The van der Waals surface area contributed by atoms with Crippen molar-refractivity contribution in [2.45, 2.75) is 50.2 Å². The zero-order chi connectivity index (χ0) is 20.8. The number of aromatic amines is 1. The third-order valence-corrected chi connectivity index (χ3v) is 5.26. The molecule has 0 spiro atoms. The van der Waals surface area contributed by atoms with Crippen LogP contribution in [0.25, 0.3) is 0 Å². The number of likely N-dealkylation sites (tertiary alicyclic amines) is 1. The molecule has 2 aliphatic heterocycles. The molecule has 2 fully saturated rings. The van der Waals surface area contributed by atoms with Crippen LogP contribution in [0.3, 0.4) is 0 Å². The fourth-order valence-corrected chi connectivity index (χ4v) is 3.72. The number of hydrogen-bond acceptors (Lipinski definition) is 6. The lowest BCUT2D eigenvalue weighted by Crippen LogP contribution is -2.53. The second-order valence-corrected chi connectivity index (χ2v) is 7.29. The maximum absolute atomic E-state index is 12.7. The first-order chi connectivity index (χ1) is 14.0. The van der Waals surface area contributed by atoms with Crippen LogP contribution in [0.4, 0.5) is 0 Å². The van der Waals surface area contributed by atoms with Crippen molar-refractivity contribution in [1.82, 2.24) is 30.8 Å². The Morgan fingerprint density at radius 3 is 2.72 bits per heavy atom. The summed E-state index contributed by atoms with van der Waals surface area (Å²) in [6, 6.07) is -2.15. The number of aromatic nitrogens is 2. The predicted octanol–water partition coefficient (Wildman–Crippen LogP) is -1.62. The van der Waals surface area contributed by atoms with Gasteiger partial charge in [0, 0.05) is 24.9 Å². The van der Waals surface area contributed by atoms with Crippen LogP contribution >= 0.6 is 0 Å². The SMILES string of the molecule is O=C(O)C(Cc1cnc[nH]1)NC(=O)C1CCCN1C(=O)CNC(=O)C1CCCN1. The lowest BCUT2D eigenvalue weighted by atomic mass is 10.1. The standard InChI is InChI=1S/C18H26N6O5/c25-15(9-21-16(26)12-3-1-5-20-12)24-6-2-4-14(24)17(27)23-13(18(28)29)7-11-8-19-10-22-11/h8,10,12-14,20H,1-7,9H2,(H,19,22)(H,21,26)(H,23,27)(H,28,29). The summed E-state index contributed by atoms with van der Waals surface area (Å²) in [6.45, 7) is 0.994. The van der Waals surface area contributed by atoms with Gasteiger partial charge in [0.25, 0.3) is 0 Å². The van der Waals surface area contributed by atoms with Gasteiger partial charge in [0.1, 0.15) is 12.1 Å². The van der Waals surface area contributed by atoms with E-state index >= 15 is 0 Å². The molecule has 3 heterocycles. The van der Waals surface area contributed by atoms with Crippen LogP contribution < -0.4 is 16.0 Å². The van der Waals surface area contributed by atoms with Crippen molar-refractivity contribution < 1.29 is 24.3 Å². The van der Waals surface area contributed by atoms with Crippen LogP contribution in [0.1, 0.15) is 31.4 Å². The molecule has 3 unspecified atom stereocenters. The van der Waals surface area contributed by atoms with Gasteiger partial charge >= 0.3 is 5.97 Å². The Morgan fingerprint density at radius 1 is 1.24 bits per heavy atom. The van der Waals surface area contributed by atoms with Gasteiger partial charge in [-0.05, 0) is 32.2 Å². The van der Waals surface area contributed by atoms with Crippen LogP contribution in [-0.4, -0.2) is 81.4 Å². The van der Waals surface area contributed by atoms with Gasteiger partial charge < -0.3 is 30.9 Å². The van der Waals surface area contributed by atoms with Gasteiger partial charge in [0.15, 0.2) is 0 Å². The highest BCUT2D eigenvalue weighted by molar-refractivity contribution is 5.93. The third-order valence-electron chi connectivity index (χ3n) is 5.26. The fourth-order valence-electron chi connectivity index (χ4n) is 3.72. The molecule has 2 aliphatic rings. The Hall–Kier alpha value is -2.95. The molecular weight excluding hydrogens is 380 g/mol. The number of rotatable bonds is 8. The topological polar surface area (TPSA) is 157 Å². The molecule has 2 saturated heterocycles. The van der Waals surface area contributed by atoms with Crippen LogP contribution in [-0.2, 0) is 25.6 Å². The molecule has 5 N–H and O–H groups in total. The molecule has 11 heteroatoms. The van der Waals surface area contributed by atoms with Crippen molar-refractivity contribution in [3.8, 4) is 0 Å². The summed E-state index contributed by atoms with van der Waals surface area (Å²) in [5, 5.41) is 17.6. The van der Waals surface area contributed by atoms with Crippen molar-refractivity contribution in [2.75, 3.05) is 19.6 Å². The summed E-state index contributed by atoms with van der Waals surface area (Å²) in [4.78, 5) is 56.8. The highest BCUT2D eigenvalue weighted by Gasteiger charge is 2.36. The van der Waals surface area contributed by atoms with Gasteiger partial charge in [0.05, 0.1) is 18.9 Å². The molecule has 0 saturated carbocycles. The maximum Gasteiger partial charge on any atom is 0.326 e. The van der Waals surface area contributed by atoms with Crippen molar-refractivity contribution in [2.24, 2.45) is 0 Å². The molecule has 3 atom stereocenters. The van der Waals surface area contributed by atoms with E-state index in [0.717, 1.165) is 19.4 Å². The minimum atomic E-state index is -1.17. The van der Waals surface area contributed by atoms with Gasteiger partial charge in [-0.25, -0.2) is 9.78 Å². The first kappa shape index (κ1) is 20.8. The van der Waals surface area contributed by atoms with E-state index < -0.39 is 24.0 Å². The van der Waals surface area contributed by atoms with E-state index in [0.29, 0.717) is 25.1 Å². The zero-order valence-corrected chi connectivity index (χ0v) is 16.0. The maximum atomic E-state index is 12.7. The summed E-state index contributed by atoms with van der Waals surface area (Å²) < 4.78 is 0. The van der Waals surface area contributed by atoms with Crippen molar-refractivity contribution in [3.63, 3.8) is 0 Å². The highest BCUT2D eigenvalue weighted by atomic mass is 16.4. The number of carbonyl (C=O) groups excluding carboxylic acids is 3. The van der Waals surface area contributed by atoms with Crippen molar-refractivity contribution >= 4 is 23.7 Å². The van der Waals surface area contributed by atoms with Crippen LogP contribution in [0.2, 0.25) is 0 Å². The number of carbonyl (C=O) groups is 4. The van der Waals surface area contributed by atoms with E-state index in [9.17, 15) is 24.3 Å². The number of amides is 3. The molecule has 29 heavy (non-hydrogen) atoms. The quantitative estimate of drug-likeness (QED) is 0.347. The smallest absolute Gasteiger partial charge is 0.326 e. The van der Waals surface area contributed by atoms with E-state index in [1.54, 1.807) is 0 Å². The van der Waals surface area contributed by atoms with E-state index in [4.69, 9.17) is 0 Å². The molecule has 0 aromatic carbocycles. The monoisotopic (exact) mass is 406 g/mol. The molecular formula is C18H26N6O5. The lowest BCUT2D eigenvalue weighted by Gasteiger charge is -2.25. The largest absolute Gasteiger partial charge is 0.480 e. The number of imidazole rings is 1. The summed E-state index contributed by atoms with van der Waals surface area (Å²) in [5.74, 6) is -2.25. The molecule has 3 rings (SSSR count). The average molecular weight is 406 g/mol. The Morgan fingerprint density at radius 2 is 2.07 bits per heavy atom. The molecule has 0 radical (unpaired) electrons. The molecule has 158 valence electrons. The molecule has 1 aromatic rings. The first-order valence-corrected chi connectivity index (χ1v) is 9.76. The minimum absolute atomic E-state index is 0.0617. The molecule has 0 aliphatic carbocycles. The Bertz CT molecular complexity index is 746. The number of nitrogens with zero attached hydrogens (tertiary/aromatic N) is 2. The number of H-pyrrole nitrogens is 1. The van der Waals surface area contributed by atoms with Crippen LogP contribution in [0.5, 0.6) is 0 Å². The summed E-state index contributed by atoms with van der Waals surface area (Å²) in [5.41, 5.74) is 0.584. The van der Waals surface area contributed by atoms with Gasteiger partial charge in [0.2, 0.25) is 17.7 Å². The number of carboxylic acid groups (broad SMARTS) is 1. The van der Waals surface area contributed by atoms with Crippen molar-refractivity contribution in [1.29, 1.82) is 0 Å². The average Bonchev–Trinajstić information content (AvgIpc) is 3.47. The van der Waals surface area contributed by atoms with Crippen LogP contribution in [0, 0.1) is 0 Å². The number of aliphatic carboxylic acids is 1. The van der Waals surface area contributed by atoms with E-state index in [1.807, 2.05) is 0 Å². The Balaban J connectivity index is 1.53. The Labute approximate surface area is 167 Å². The minimum Gasteiger partial charge on any atom is -0.480 e. The van der Waals surface area contributed by atoms with E-state index in [2.05, 4.69) is 25.9 Å². The third kappa shape index (κ3) is 5.31. The second kappa shape index (κ2) is 9.50. The predicted molar refractivity (Wildman–Crippen MR) is 101 cm³/mol. The van der Waals surface area contributed by atoms with E-state index in [-0.39, 0.29) is 30.8 Å². The lowest BCUT2D eigenvalue weighted by molar-refractivity contribution is -0.144. The first-order valence-electron chi connectivity index (χ1n) is 9.76. The normalized spacial score (nSPS) is 22.3. The van der Waals surface area contributed by atoms with Gasteiger partial charge in [-0.1, -0.05) is 0 Å². The number of nitrogens with one attached hydrogen (secondary N) is 4. The molecule has 11 nitrogen and oxygen atoms in total. The summed E-state index contributed by atoms with van der Waals surface area (Å²) in [6.07, 6.45) is 5.74. The second-order valence-electron chi connectivity index (χ2n) is 7.29. The van der Waals surface area contributed by atoms with Gasteiger partial charge in [-0.15, -0.1) is 0 Å². The van der Waals surface area contributed by atoms with Crippen molar-refractivity contribution in [3.05, 3.63) is 18.2 Å². The summed E-state index contributed by atoms with van der Waals surface area (Å²) in [7, 11) is 0. The van der Waals surface area contributed by atoms with E-state index in [1.165, 1.54) is 17.4 Å². The van der Waals surface area contributed by atoms with Gasteiger partial charge in [-0.2, -0.15) is 0 Å². The molecule has 1 aromatic heterocycles. The van der Waals surface area contributed by atoms with Gasteiger partial charge in [-0.3, -0.25) is 14.4 Å². The highest BCUT2D eigenvalue weighted by Crippen LogP contribution is 2.18. The summed E-state index contributed by atoms with van der Waals surface area (Å²) >= 11 is 0. The zero-order valence-electron chi connectivity index (χ0n) is 16.0. The molecule has 0 bridgehead atoms. The number of carboxylic acids is 1. The fraction of sp³-hybridized carbons (Fsp3) is 0.611. The van der Waals surface area contributed by atoms with Crippen LogP contribution in [0.15, 0.2) is 12.5 Å².